The maximum absolute atomic E-state index is 13.5. The van der Waals surface area contributed by atoms with Gasteiger partial charge in [-0.15, -0.1) is 0 Å². The van der Waals surface area contributed by atoms with Gasteiger partial charge in [0.05, 0.1) is 46.5 Å². The molecular formula is C32H28N2O10S. The van der Waals surface area contributed by atoms with E-state index in [2.05, 4.69) is 10.6 Å². The molecule has 232 valence electrons. The molecule has 13 heteroatoms. The van der Waals surface area contributed by atoms with Crippen LogP contribution >= 0.6 is 0 Å². The SMILES string of the molecule is COC(=O)c1ccc(C(=O)Nc2cc(S(=O)(=O)c3ccc(O)c(NC(=O)c4ccc(C(=O)OC)c(C)c4)c3)ccc2O)cc1C. The number of rotatable bonds is 8. The number of aryl methyl sites for hydroxylation is 2. The maximum atomic E-state index is 13.5. The first-order valence-electron chi connectivity index (χ1n) is 13.2. The van der Waals surface area contributed by atoms with Crippen LogP contribution in [0, 0.1) is 13.8 Å². The first-order valence-corrected chi connectivity index (χ1v) is 14.7. The van der Waals surface area contributed by atoms with Crippen molar-refractivity contribution < 1.29 is 47.3 Å². The summed E-state index contributed by atoms with van der Waals surface area (Å²) in [5.74, 6) is -3.31. The van der Waals surface area contributed by atoms with Crippen molar-refractivity contribution in [3.63, 3.8) is 0 Å². The van der Waals surface area contributed by atoms with E-state index in [-0.39, 0.29) is 43.4 Å². The summed E-state index contributed by atoms with van der Waals surface area (Å²) >= 11 is 0. The number of aromatic hydroxyl groups is 2. The Morgan fingerprint density at radius 2 is 0.978 bits per heavy atom. The number of hydrogen-bond acceptors (Lipinski definition) is 10. The lowest BCUT2D eigenvalue weighted by Gasteiger charge is -2.13. The van der Waals surface area contributed by atoms with Crippen LogP contribution in [0.4, 0.5) is 11.4 Å². The number of sulfone groups is 1. The van der Waals surface area contributed by atoms with Gasteiger partial charge in [0.2, 0.25) is 9.84 Å². The summed E-state index contributed by atoms with van der Waals surface area (Å²) in [6.07, 6.45) is 0. The fourth-order valence-corrected chi connectivity index (χ4v) is 5.69. The highest BCUT2D eigenvalue weighted by Crippen LogP contribution is 2.33. The first-order chi connectivity index (χ1) is 21.3. The molecule has 0 radical (unpaired) electrons. The Labute approximate surface area is 258 Å². The van der Waals surface area contributed by atoms with Gasteiger partial charge in [-0.05, 0) is 97.8 Å². The average Bonchev–Trinajstić information content (AvgIpc) is 3.01. The second-order valence-corrected chi connectivity index (χ2v) is 11.8. The quantitative estimate of drug-likeness (QED) is 0.158. The standard InChI is InChI=1S/C32H28N2O10S/c1-17-13-19(5-9-23(17)31(39)43-3)29(37)33-25-15-21(7-11-27(25)35)45(41,42)22-8-12-28(36)26(16-22)34-30(38)20-6-10-24(18(2)14-20)32(40)44-4/h5-16,35-36H,1-4H3,(H,33,37)(H,34,38). The molecule has 2 amide bonds. The highest BCUT2D eigenvalue weighted by molar-refractivity contribution is 7.91. The third kappa shape index (κ3) is 6.78. The zero-order valence-corrected chi connectivity index (χ0v) is 25.3. The summed E-state index contributed by atoms with van der Waals surface area (Å²) in [5, 5.41) is 25.7. The molecular weight excluding hydrogens is 604 g/mol. The van der Waals surface area contributed by atoms with Crippen LogP contribution in [0.2, 0.25) is 0 Å². The van der Waals surface area contributed by atoms with Gasteiger partial charge in [0.15, 0.2) is 0 Å². The van der Waals surface area contributed by atoms with E-state index in [4.69, 9.17) is 9.47 Å². The Hall–Kier alpha value is -5.69. The maximum Gasteiger partial charge on any atom is 0.338 e. The molecule has 0 heterocycles. The van der Waals surface area contributed by atoms with Gasteiger partial charge >= 0.3 is 11.9 Å². The molecule has 4 rings (SSSR count). The number of benzene rings is 4. The minimum atomic E-state index is -4.30. The van der Waals surface area contributed by atoms with E-state index in [0.717, 1.165) is 36.4 Å². The number of esters is 2. The first kappa shape index (κ1) is 32.2. The Morgan fingerprint density at radius 1 is 0.600 bits per heavy atom. The second kappa shape index (κ2) is 12.9. The summed E-state index contributed by atoms with van der Waals surface area (Å²) in [6, 6.07) is 15.1. The lowest BCUT2D eigenvalue weighted by molar-refractivity contribution is 0.0591. The molecule has 0 spiro atoms. The van der Waals surface area contributed by atoms with E-state index >= 15 is 0 Å². The van der Waals surface area contributed by atoms with Gasteiger partial charge < -0.3 is 30.3 Å². The minimum Gasteiger partial charge on any atom is -0.506 e. The van der Waals surface area contributed by atoms with Crippen molar-refractivity contribution >= 4 is 45.0 Å². The van der Waals surface area contributed by atoms with Gasteiger partial charge in [0.25, 0.3) is 11.8 Å². The summed E-state index contributed by atoms with van der Waals surface area (Å²) in [6.45, 7) is 3.23. The monoisotopic (exact) mass is 632 g/mol. The van der Waals surface area contributed by atoms with Crippen LogP contribution in [0.15, 0.2) is 82.6 Å². The molecule has 0 saturated carbocycles. The van der Waals surface area contributed by atoms with E-state index in [1.807, 2.05) is 0 Å². The zero-order chi connectivity index (χ0) is 33.1. The molecule has 4 N–H and O–H groups in total. The minimum absolute atomic E-state index is 0.141. The summed E-state index contributed by atoms with van der Waals surface area (Å²) in [4.78, 5) is 48.9. The Bertz CT molecular complexity index is 1830. The van der Waals surface area contributed by atoms with Gasteiger partial charge in [-0.1, -0.05) is 0 Å². The van der Waals surface area contributed by atoms with Crippen LogP contribution in [0.5, 0.6) is 11.5 Å². The van der Waals surface area contributed by atoms with Crippen molar-refractivity contribution in [3.8, 4) is 11.5 Å². The molecule has 0 aliphatic heterocycles. The molecule has 4 aromatic carbocycles. The van der Waals surface area contributed by atoms with Crippen LogP contribution in [0.3, 0.4) is 0 Å². The number of carbonyl (C=O) groups excluding carboxylic acids is 4. The Kier molecular flexibility index (Phi) is 9.23. The van der Waals surface area contributed by atoms with Gasteiger partial charge in [-0.25, -0.2) is 18.0 Å². The van der Waals surface area contributed by atoms with E-state index in [1.54, 1.807) is 13.8 Å². The van der Waals surface area contributed by atoms with Crippen LogP contribution in [0.1, 0.15) is 52.6 Å². The fourth-order valence-electron chi connectivity index (χ4n) is 4.38. The molecule has 0 atom stereocenters. The van der Waals surface area contributed by atoms with Crippen LogP contribution < -0.4 is 10.6 Å². The van der Waals surface area contributed by atoms with Gasteiger partial charge in [0.1, 0.15) is 11.5 Å². The third-order valence-corrected chi connectivity index (χ3v) is 8.59. The highest BCUT2D eigenvalue weighted by Gasteiger charge is 2.23. The number of methoxy groups -OCH3 is 2. The predicted octanol–water partition coefficient (Wildman–Crippen LogP) is 4.63. The normalized spacial score (nSPS) is 10.9. The number of phenols is 2. The molecule has 0 aromatic heterocycles. The van der Waals surface area contributed by atoms with Crippen molar-refractivity contribution in [1.29, 1.82) is 0 Å². The number of anilines is 2. The molecule has 0 aliphatic carbocycles. The van der Waals surface area contributed by atoms with Gasteiger partial charge in [0, 0.05) is 11.1 Å². The molecule has 0 aliphatic rings. The Balaban J connectivity index is 1.59. The Morgan fingerprint density at radius 3 is 1.31 bits per heavy atom. The van der Waals surface area contributed by atoms with Crippen molar-refractivity contribution in [3.05, 3.63) is 106 Å². The smallest absolute Gasteiger partial charge is 0.338 e. The lowest BCUT2D eigenvalue weighted by atomic mass is 10.0. The fraction of sp³-hybridized carbons (Fsp3) is 0.125. The number of amides is 2. The third-order valence-electron chi connectivity index (χ3n) is 6.84. The predicted molar refractivity (Wildman–Crippen MR) is 163 cm³/mol. The number of ether oxygens (including phenoxy) is 2. The molecule has 4 aromatic rings. The number of carbonyl (C=O) groups is 4. The summed E-state index contributed by atoms with van der Waals surface area (Å²) in [5.41, 5.74) is 1.35. The topological polar surface area (TPSA) is 185 Å². The number of phenolic OH excluding ortho intramolecular Hbond substituents is 2. The lowest BCUT2D eigenvalue weighted by Crippen LogP contribution is -2.14. The number of nitrogens with one attached hydrogen (secondary N) is 2. The molecule has 45 heavy (non-hydrogen) atoms. The van der Waals surface area contributed by atoms with Crippen LogP contribution in [-0.4, -0.2) is 56.6 Å². The molecule has 0 unspecified atom stereocenters. The van der Waals surface area contributed by atoms with Gasteiger partial charge in [-0.3, -0.25) is 9.59 Å². The highest BCUT2D eigenvalue weighted by atomic mass is 32.2. The summed E-state index contributed by atoms with van der Waals surface area (Å²) < 4.78 is 36.5. The van der Waals surface area contributed by atoms with Crippen LogP contribution in [-0.2, 0) is 19.3 Å². The second-order valence-electron chi connectivity index (χ2n) is 9.81. The van der Waals surface area contributed by atoms with E-state index < -0.39 is 45.1 Å². The van der Waals surface area contributed by atoms with E-state index in [1.165, 1.54) is 50.6 Å². The van der Waals surface area contributed by atoms with Crippen molar-refractivity contribution in [1.82, 2.24) is 0 Å². The van der Waals surface area contributed by atoms with Gasteiger partial charge in [-0.2, -0.15) is 0 Å². The number of hydrogen-bond donors (Lipinski definition) is 4. The molecule has 0 fully saturated rings. The largest absolute Gasteiger partial charge is 0.506 e. The van der Waals surface area contributed by atoms with Crippen molar-refractivity contribution in [2.75, 3.05) is 24.9 Å². The zero-order valence-electron chi connectivity index (χ0n) is 24.5. The molecule has 0 bridgehead atoms. The molecule has 12 nitrogen and oxygen atoms in total. The van der Waals surface area contributed by atoms with E-state index in [9.17, 15) is 37.8 Å². The van der Waals surface area contributed by atoms with Crippen molar-refractivity contribution in [2.45, 2.75) is 23.6 Å². The molecule has 0 saturated heterocycles. The average molecular weight is 633 g/mol. The summed E-state index contributed by atoms with van der Waals surface area (Å²) in [7, 11) is -1.83. The van der Waals surface area contributed by atoms with E-state index in [0.29, 0.717) is 11.1 Å². The van der Waals surface area contributed by atoms with Crippen molar-refractivity contribution in [2.24, 2.45) is 0 Å². The van der Waals surface area contributed by atoms with Crippen LogP contribution in [0.25, 0.3) is 0 Å².